The second kappa shape index (κ2) is 4.80. The van der Waals surface area contributed by atoms with E-state index < -0.39 is 6.09 Å². The lowest BCUT2D eigenvalue weighted by Gasteiger charge is -2.14. The first kappa shape index (κ1) is 9.10. The van der Waals surface area contributed by atoms with Gasteiger partial charge in [0.25, 0.3) is 0 Å². The molecule has 68 valence electrons. The van der Waals surface area contributed by atoms with E-state index in [1.807, 2.05) is 6.08 Å². The summed E-state index contributed by atoms with van der Waals surface area (Å²) in [6.45, 7) is 0. The number of ether oxygens (including phenoxy) is 1. The molecule has 3 nitrogen and oxygen atoms in total. The molecule has 0 heterocycles. The van der Waals surface area contributed by atoms with Crippen LogP contribution in [0.1, 0.15) is 32.1 Å². The van der Waals surface area contributed by atoms with E-state index in [0.717, 1.165) is 19.3 Å². The Morgan fingerprint density at radius 3 is 3.00 bits per heavy atom. The first-order chi connectivity index (χ1) is 5.79. The third-order valence-corrected chi connectivity index (χ3v) is 1.98. The Kier molecular flexibility index (Phi) is 3.64. The zero-order valence-corrected chi connectivity index (χ0v) is 7.16. The molecular formula is C9H15NO2. The molecule has 0 aromatic rings. The molecule has 1 atom stereocenters. The Hall–Kier alpha value is -0.990. The van der Waals surface area contributed by atoms with Crippen LogP contribution in [-0.2, 0) is 4.74 Å². The lowest BCUT2D eigenvalue weighted by atomic mass is 10.0. The number of primary amides is 1. The summed E-state index contributed by atoms with van der Waals surface area (Å²) in [5.74, 6) is 0. The molecule has 1 amide bonds. The number of hydrogen-bond donors (Lipinski definition) is 1. The van der Waals surface area contributed by atoms with Gasteiger partial charge in [0.05, 0.1) is 0 Å². The van der Waals surface area contributed by atoms with Crippen LogP contribution in [0.15, 0.2) is 12.2 Å². The molecule has 0 radical (unpaired) electrons. The summed E-state index contributed by atoms with van der Waals surface area (Å²) in [7, 11) is 0. The molecule has 12 heavy (non-hydrogen) atoms. The Labute approximate surface area is 72.6 Å². The van der Waals surface area contributed by atoms with E-state index in [2.05, 4.69) is 6.08 Å². The number of carbonyl (C=O) groups excluding carboxylic acids is 1. The number of amides is 1. The third-order valence-electron chi connectivity index (χ3n) is 1.98. The van der Waals surface area contributed by atoms with Crippen molar-refractivity contribution in [2.24, 2.45) is 5.73 Å². The van der Waals surface area contributed by atoms with Crippen LogP contribution in [0.2, 0.25) is 0 Å². The molecule has 0 spiro atoms. The van der Waals surface area contributed by atoms with E-state index in [0.29, 0.717) is 0 Å². The summed E-state index contributed by atoms with van der Waals surface area (Å²) >= 11 is 0. The highest BCUT2D eigenvalue weighted by atomic mass is 16.6. The Bertz CT molecular complexity index is 177. The van der Waals surface area contributed by atoms with Crippen LogP contribution in [0.4, 0.5) is 4.79 Å². The molecule has 3 heteroatoms. The van der Waals surface area contributed by atoms with Gasteiger partial charge in [-0.05, 0) is 31.8 Å². The van der Waals surface area contributed by atoms with Crippen LogP contribution in [0.3, 0.4) is 0 Å². The second-order valence-electron chi connectivity index (χ2n) is 3.04. The molecule has 0 bridgehead atoms. The highest BCUT2D eigenvalue weighted by Gasteiger charge is 2.09. The summed E-state index contributed by atoms with van der Waals surface area (Å²) in [5.41, 5.74) is 4.92. The summed E-state index contributed by atoms with van der Waals surface area (Å²) in [6.07, 6.45) is 8.77. The summed E-state index contributed by atoms with van der Waals surface area (Å²) < 4.78 is 4.88. The van der Waals surface area contributed by atoms with E-state index in [4.69, 9.17) is 10.5 Å². The largest absolute Gasteiger partial charge is 0.442 e. The molecule has 0 aliphatic heterocycles. The van der Waals surface area contributed by atoms with E-state index in [9.17, 15) is 4.79 Å². The van der Waals surface area contributed by atoms with Crippen molar-refractivity contribution in [3.05, 3.63) is 12.2 Å². The van der Waals surface area contributed by atoms with Crippen molar-refractivity contribution in [3.8, 4) is 0 Å². The van der Waals surface area contributed by atoms with Crippen LogP contribution < -0.4 is 5.73 Å². The quantitative estimate of drug-likeness (QED) is 0.610. The number of hydrogen-bond acceptors (Lipinski definition) is 2. The monoisotopic (exact) mass is 169 g/mol. The van der Waals surface area contributed by atoms with Crippen LogP contribution in [0.5, 0.6) is 0 Å². The first-order valence-corrected chi connectivity index (χ1v) is 4.42. The summed E-state index contributed by atoms with van der Waals surface area (Å²) in [5, 5.41) is 0. The zero-order chi connectivity index (χ0) is 8.81. The molecule has 1 unspecified atom stereocenters. The molecule has 0 fully saturated rings. The van der Waals surface area contributed by atoms with Gasteiger partial charge in [0.1, 0.15) is 6.10 Å². The van der Waals surface area contributed by atoms with E-state index in [1.54, 1.807) is 0 Å². The predicted molar refractivity (Wildman–Crippen MR) is 46.7 cm³/mol. The van der Waals surface area contributed by atoms with E-state index >= 15 is 0 Å². The maximum absolute atomic E-state index is 10.4. The average Bonchev–Trinajstić information content (AvgIpc) is 1.93. The average molecular weight is 169 g/mol. The highest BCUT2D eigenvalue weighted by molar-refractivity contribution is 5.65. The molecule has 0 saturated carbocycles. The lowest BCUT2D eigenvalue weighted by molar-refractivity contribution is 0.123. The molecule has 0 aromatic carbocycles. The Morgan fingerprint density at radius 1 is 1.42 bits per heavy atom. The van der Waals surface area contributed by atoms with Crippen LogP contribution >= 0.6 is 0 Å². The molecule has 1 aliphatic carbocycles. The second-order valence-corrected chi connectivity index (χ2v) is 3.04. The highest BCUT2D eigenvalue weighted by Crippen LogP contribution is 2.13. The van der Waals surface area contributed by atoms with Gasteiger partial charge < -0.3 is 10.5 Å². The van der Waals surface area contributed by atoms with Crippen LogP contribution in [0.25, 0.3) is 0 Å². The minimum atomic E-state index is -0.676. The normalized spacial score (nSPS) is 24.2. The van der Waals surface area contributed by atoms with Crippen molar-refractivity contribution < 1.29 is 9.53 Å². The van der Waals surface area contributed by atoms with Crippen molar-refractivity contribution in [2.45, 2.75) is 38.2 Å². The van der Waals surface area contributed by atoms with Gasteiger partial charge in [0.2, 0.25) is 0 Å². The molecule has 2 N–H and O–H groups in total. The van der Waals surface area contributed by atoms with Crippen molar-refractivity contribution in [1.82, 2.24) is 0 Å². The summed E-state index contributed by atoms with van der Waals surface area (Å²) in [6, 6.07) is 0. The van der Waals surface area contributed by atoms with Crippen molar-refractivity contribution in [3.63, 3.8) is 0 Å². The van der Waals surface area contributed by atoms with Gasteiger partial charge >= 0.3 is 6.09 Å². The number of nitrogens with two attached hydrogens (primary N) is 1. The van der Waals surface area contributed by atoms with Gasteiger partial charge in [-0.1, -0.05) is 12.5 Å². The first-order valence-electron chi connectivity index (χ1n) is 4.42. The summed E-state index contributed by atoms with van der Waals surface area (Å²) in [4.78, 5) is 10.4. The Morgan fingerprint density at radius 2 is 2.25 bits per heavy atom. The van der Waals surface area contributed by atoms with Crippen molar-refractivity contribution >= 4 is 6.09 Å². The third kappa shape index (κ3) is 3.42. The Balaban J connectivity index is 2.38. The van der Waals surface area contributed by atoms with Gasteiger partial charge in [-0.15, -0.1) is 0 Å². The molecule has 1 aliphatic rings. The van der Waals surface area contributed by atoms with Gasteiger partial charge in [-0.25, -0.2) is 4.79 Å². The van der Waals surface area contributed by atoms with Gasteiger partial charge in [0, 0.05) is 0 Å². The molecular weight excluding hydrogens is 154 g/mol. The number of rotatable bonds is 1. The fraction of sp³-hybridized carbons (Fsp3) is 0.667. The zero-order valence-electron chi connectivity index (χ0n) is 7.16. The van der Waals surface area contributed by atoms with E-state index in [1.165, 1.54) is 12.8 Å². The fourth-order valence-electron chi connectivity index (χ4n) is 1.38. The predicted octanol–water partition coefficient (Wildman–Crippen LogP) is 1.97. The minimum Gasteiger partial charge on any atom is -0.442 e. The minimum absolute atomic E-state index is 0.0946. The van der Waals surface area contributed by atoms with Crippen molar-refractivity contribution in [1.29, 1.82) is 0 Å². The standard InChI is InChI=1S/C9H15NO2/c10-9(11)12-8-6-4-2-1-3-5-7-8/h4,6,8H,1-3,5,7H2,(H2,10,11). The fourth-order valence-corrected chi connectivity index (χ4v) is 1.38. The van der Waals surface area contributed by atoms with E-state index in [-0.39, 0.29) is 6.10 Å². The van der Waals surface area contributed by atoms with Gasteiger partial charge in [-0.2, -0.15) is 0 Å². The number of carbonyl (C=O) groups is 1. The van der Waals surface area contributed by atoms with Crippen LogP contribution in [0, 0.1) is 0 Å². The SMILES string of the molecule is NC(=O)OC1C=CCCCCC1. The molecule has 0 saturated heterocycles. The van der Waals surface area contributed by atoms with Gasteiger partial charge in [-0.3, -0.25) is 0 Å². The molecule has 1 rings (SSSR count). The lowest BCUT2D eigenvalue weighted by Crippen LogP contribution is -2.21. The maximum atomic E-state index is 10.4. The number of allylic oxidation sites excluding steroid dienone is 1. The topological polar surface area (TPSA) is 52.3 Å². The molecule has 0 aromatic heterocycles. The van der Waals surface area contributed by atoms with Crippen molar-refractivity contribution in [2.75, 3.05) is 0 Å². The van der Waals surface area contributed by atoms with Crippen LogP contribution in [-0.4, -0.2) is 12.2 Å². The smallest absolute Gasteiger partial charge is 0.405 e. The van der Waals surface area contributed by atoms with Gasteiger partial charge in [0.15, 0.2) is 0 Å². The maximum Gasteiger partial charge on any atom is 0.405 e.